The molecule has 0 spiro atoms. The Hall–Kier alpha value is -1.44. The van der Waals surface area contributed by atoms with Gasteiger partial charge in [0.15, 0.2) is 0 Å². The lowest BCUT2D eigenvalue weighted by molar-refractivity contribution is -0.141. The molecule has 3 unspecified atom stereocenters. The zero-order valence-corrected chi connectivity index (χ0v) is 11.4. The van der Waals surface area contributed by atoms with Crippen LogP contribution in [0.2, 0.25) is 0 Å². The van der Waals surface area contributed by atoms with Gasteiger partial charge in [-0.2, -0.15) is 0 Å². The number of carbonyl (C=O) groups is 3. The van der Waals surface area contributed by atoms with Gasteiger partial charge >= 0.3 is 12.0 Å². The number of rotatable bonds is 2. The van der Waals surface area contributed by atoms with Gasteiger partial charge in [-0.05, 0) is 13.3 Å². The molecule has 3 atom stereocenters. The van der Waals surface area contributed by atoms with Crippen LogP contribution in [-0.2, 0) is 9.59 Å². The largest absolute Gasteiger partial charge is 0.480 e. The zero-order valence-electron chi connectivity index (χ0n) is 10.6. The van der Waals surface area contributed by atoms with E-state index in [0.29, 0.717) is 25.1 Å². The number of carbonyl (C=O) groups excluding carboxylic acids is 2. The van der Waals surface area contributed by atoms with Gasteiger partial charge in [-0.3, -0.25) is 9.69 Å². The second kappa shape index (κ2) is 5.68. The Balaban J connectivity index is 1.94. The van der Waals surface area contributed by atoms with Crippen molar-refractivity contribution in [3.05, 3.63) is 0 Å². The summed E-state index contributed by atoms with van der Waals surface area (Å²) in [5, 5.41) is 14.4. The summed E-state index contributed by atoms with van der Waals surface area (Å²) in [6, 6.07) is -1.28. The molecular formula is C11H17N3O4S. The topological polar surface area (TPSA) is 98.7 Å². The molecule has 2 fully saturated rings. The summed E-state index contributed by atoms with van der Waals surface area (Å²) < 4.78 is 0. The molecule has 0 radical (unpaired) electrons. The predicted molar refractivity (Wildman–Crippen MR) is 69.7 cm³/mol. The first-order valence-corrected chi connectivity index (χ1v) is 7.24. The normalized spacial score (nSPS) is 30.9. The van der Waals surface area contributed by atoms with E-state index in [2.05, 4.69) is 10.6 Å². The third-order valence-corrected chi connectivity index (χ3v) is 4.55. The molecule has 0 aromatic heterocycles. The highest BCUT2D eigenvalue weighted by atomic mass is 32.2. The fraction of sp³-hybridized carbons (Fsp3) is 0.727. The number of hydrogen-bond acceptors (Lipinski definition) is 4. The molecule has 0 saturated carbocycles. The highest BCUT2D eigenvalue weighted by Gasteiger charge is 2.40. The molecule has 0 aromatic rings. The molecule has 0 bridgehead atoms. The van der Waals surface area contributed by atoms with Gasteiger partial charge < -0.3 is 15.7 Å². The van der Waals surface area contributed by atoms with E-state index >= 15 is 0 Å². The summed E-state index contributed by atoms with van der Waals surface area (Å²) in [6.45, 7) is 2.22. The molecule has 2 saturated heterocycles. The molecule has 0 aliphatic carbocycles. The molecule has 3 amide bonds. The quantitative estimate of drug-likeness (QED) is 0.654. The zero-order chi connectivity index (χ0) is 14.0. The van der Waals surface area contributed by atoms with Crippen LogP contribution in [-0.4, -0.2) is 57.7 Å². The maximum absolute atomic E-state index is 12.1. The fourth-order valence-electron chi connectivity index (χ4n) is 2.25. The third-order valence-electron chi connectivity index (χ3n) is 3.34. The second-order valence-electron chi connectivity index (χ2n) is 4.68. The van der Waals surface area contributed by atoms with E-state index in [1.807, 2.05) is 6.92 Å². The van der Waals surface area contributed by atoms with E-state index in [0.717, 1.165) is 0 Å². The van der Waals surface area contributed by atoms with Gasteiger partial charge in [-0.15, -0.1) is 11.8 Å². The van der Waals surface area contributed by atoms with Crippen LogP contribution < -0.4 is 10.6 Å². The third kappa shape index (κ3) is 3.12. The maximum atomic E-state index is 12.1. The summed E-state index contributed by atoms with van der Waals surface area (Å²) >= 11 is 1.45. The SMILES string of the molecule is CC1SCC(C(=O)O)N1C(=O)NC1CCC(=O)NC1. The van der Waals surface area contributed by atoms with Crippen molar-refractivity contribution in [2.45, 2.75) is 37.2 Å². The van der Waals surface area contributed by atoms with Crippen molar-refractivity contribution < 1.29 is 19.5 Å². The predicted octanol–water partition coefficient (Wildman–Crippen LogP) is -0.177. The summed E-state index contributed by atoms with van der Waals surface area (Å²) in [7, 11) is 0. The summed E-state index contributed by atoms with van der Waals surface area (Å²) in [5.41, 5.74) is 0. The minimum Gasteiger partial charge on any atom is -0.480 e. The van der Waals surface area contributed by atoms with Crippen molar-refractivity contribution in [1.82, 2.24) is 15.5 Å². The fourth-order valence-corrected chi connectivity index (χ4v) is 3.41. The van der Waals surface area contributed by atoms with Crippen LogP contribution in [0.3, 0.4) is 0 Å². The number of nitrogens with one attached hydrogen (secondary N) is 2. The highest BCUT2D eigenvalue weighted by molar-refractivity contribution is 8.00. The van der Waals surface area contributed by atoms with Crippen LogP contribution in [0.1, 0.15) is 19.8 Å². The van der Waals surface area contributed by atoms with Gasteiger partial charge in [0, 0.05) is 24.8 Å². The van der Waals surface area contributed by atoms with Crippen molar-refractivity contribution in [2.24, 2.45) is 0 Å². The van der Waals surface area contributed by atoms with E-state index in [9.17, 15) is 14.4 Å². The van der Waals surface area contributed by atoms with E-state index in [1.54, 1.807) is 0 Å². The van der Waals surface area contributed by atoms with Crippen LogP contribution in [0, 0.1) is 0 Å². The number of piperidine rings is 1. The Morgan fingerprint density at radius 1 is 1.53 bits per heavy atom. The van der Waals surface area contributed by atoms with Crippen molar-refractivity contribution in [1.29, 1.82) is 0 Å². The van der Waals surface area contributed by atoms with Crippen LogP contribution >= 0.6 is 11.8 Å². The van der Waals surface area contributed by atoms with E-state index in [1.165, 1.54) is 16.7 Å². The molecule has 8 heteroatoms. The molecule has 7 nitrogen and oxygen atoms in total. The Morgan fingerprint density at radius 3 is 2.84 bits per heavy atom. The van der Waals surface area contributed by atoms with Crippen LogP contribution in [0.5, 0.6) is 0 Å². The van der Waals surface area contributed by atoms with E-state index in [4.69, 9.17) is 5.11 Å². The van der Waals surface area contributed by atoms with Gasteiger partial charge in [0.25, 0.3) is 0 Å². The highest BCUT2D eigenvalue weighted by Crippen LogP contribution is 2.28. The summed E-state index contributed by atoms with van der Waals surface area (Å²) in [4.78, 5) is 35.6. The maximum Gasteiger partial charge on any atom is 0.327 e. The lowest BCUT2D eigenvalue weighted by atomic mass is 10.1. The Morgan fingerprint density at radius 2 is 2.26 bits per heavy atom. The number of thioether (sulfide) groups is 1. The minimum atomic E-state index is -0.982. The summed E-state index contributed by atoms with van der Waals surface area (Å²) in [6.07, 6.45) is 0.974. The molecule has 2 heterocycles. The molecule has 19 heavy (non-hydrogen) atoms. The molecule has 2 aliphatic rings. The monoisotopic (exact) mass is 287 g/mol. The summed E-state index contributed by atoms with van der Waals surface area (Å²) in [5.74, 6) is -0.589. The Bertz CT molecular complexity index is 393. The lowest BCUT2D eigenvalue weighted by Gasteiger charge is -2.29. The first kappa shape index (κ1) is 14.0. The number of aliphatic carboxylic acids is 1. The number of nitrogens with zero attached hydrogens (tertiary/aromatic N) is 1. The Kier molecular flexibility index (Phi) is 4.18. The van der Waals surface area contributed by atoms with Gasteiger partial charge in [0.05, 0.1) is 5.37 Å². The molecule has 2 rings (SSSR count). The Labute approximate surface area is 115 Å². The van der Waals surface area contributed by atoms with Crippen LogP contribution in [0.15, 0.2) is 0 Å². The van der Waals surface area contributed by atoms with E-state index < -0.39 is 12.0 Å². The van der Waals surface area contributed by atoms with Gasteiger partial charge in [-0.1, -0.05) is 0 Å². The standard InChI is InChI=1S/C11H17N3O4S/c1-6-14(8(5-19-6)10(16)17)11(18)13-7-2-3-9(15)12-4-7/h6-8H,2-5H2,1H3,(H,12,15)(H,13,18)(H,16,17). The number of urea groups is 1. The number of amides is 3. The van der Waals surface area contributed by atoms with Crippen LogP contribution in [0.4, 0.5) is 4.79 Å². The first-order valence-electron chi connectivity index (χ1n) is 6.19. The molecule has 0 aromatic carbocycles. The molecule has 2 aliphatic heterocycles. The van der Waals surface area contributed by atoms with Gasteiger partial charge in [0.2, 0.25) is 5.91 Å². The first-order chi connectivity index (χ1) is 8.99. The second-order valence-corrected chi connectivity index (χ2v) is 6.03. The molecular weight excluding hydrogens is 270 g/mol. The van der Waals surface area contributed by atoms with E-state index in [-0.39, 0.29) is 23.4 Å². The van der Waals surface area contributed by atoms with Gasteiger partial charge in [0.1, 0.15) is 6.04 Å². The van der Waals surface area contributed by atoms with Crippen molar-refractivity contribution in [3.63, 3.8) is 0 Å². The minimum absolute atomic E-state index is 0.0148. The van der Waals surface area contributed by atoms with Crippen molar-refractivity contribution in [2.75, 3.05) is 12.3 Å². The smallest absolute Gasteiger partial charge is 0.327 e. The van der Waals surface area contributed by atoms with Crippen molar-refractivity contribution >= 4 is 29.7 Å². The average molecular weight is 287 g/mol. The molecule has 106 valence electrons. The number of carboxylic acid groups (broad SMARTS) is 1. The van der Waals surface area contributed by atoms with Gasteiger partial charge in [-0.25, -0.2) is 9.59 Å². The van der Waals surface area contributed by atoms with Crippen molar-refractivity contribution in [3.8, 4) is 0 Å². The average Bonchev–Trinajstić information content (AvgIpc) is 2.74. The number of carboxylic acids is 1. The van der Waals surface area contributed by atoms with Crippen LogP contribution in [0.25, 0.3) is 0 Å². The lowest BCUT2D eigenvalue weighted by Crippen LogP contribution is -2.55. The number of hydrogen-bond donors (Lipinski definition) is 3. The molecule has 3 N–H and O–H groups in total.